The van der Waals surface area contributed by atoms with Crippen LogP contribution in [0.1, 0.15) is 41.3 Å². The van der Waals surface area contributed by atoms with Crippen LogP contribution >= 0.6 is 0 Å². The van der Waals surface area contributed by atoms with Crippen molar-refractivity contribution in [2.45, 2.75) is 33.6 Å². The van der Waals surface area contributed by atoms with Crippen LogP contribution in [0.2, 0.25) is 0 Å². The predicted octanol–water partition coefficient (Wildman–Crippen LogP) is 5.97. The summed E-state index contributed by atoms with van der Waals surface area (Å²) in [6, 6.07) is 17.0. The fraction of sp³-hybridized carbons (Fsp3) is 0.227. The highest BCUT2D eigenvalue weighted by atomic mass is 14.7. The van der Waals surface area contributed by atoms with Gasteiger partial charge in [0.25, 0.3) is 0 Å². The maximum Gasteiger partial charge on any atom is 0.0746 e. The van der Waals surface area contributed by atoms with Crippen molar-refractivity contribution in [2.75, 3.05) is 0 Å². The van der Waals surface area contributed by atoms with Crippen LogP contribution in [0.15, 0.2) is 48.5 Å². The van der Waals surface area contributed by atoms with Crippen molar-refractivity contribution in [1.82, 2.24) is 4.98 Å². The Labute approximate surface area is 138 Å². The number of hydrogen-bond acceptors (Lipinski definition) is 1. The summed E-state index contributed by atoms with van der Waals surface area (Å²) in [4.78, 5) is 4.94. The minimum atomic E-state index is 1.02. The van der Waals surface area contributed by atoms with Gasteiger partial charge in [-0.05, 0) is 54.7 Å². The molecule has 0 aliphatic rings. The van der Waals surface area contributed by atoms with E-state index in [1.807, 2.05) is 6.07 Å². The van der Waals surface area contributed by atoms with Crippen LogP contribution in [-0.4, -0.2) is 4.98 Å². The molecular weight excluding hydrogens is 278 g/mol. The standard InChI is InChI=1S/C22H23N/c1-4-8-20-16(2)15-17(3)21-14-13-19(23-22(20)21)12-11-18-9-6-5-7-10-18/h5-7,9-15H,4,8H2,1-3H3. The van der Waals surface area contributed by atoms with Crippen molar-refractivity contribution in [3.05, 3.63) is 76.5 Å². The molecule has 0 spiro atoms. The minimum absolute atomic E-state index is 1.02. The third-order valence-electron chi connectivity index (χ3n) is 4.28. The Balaban J connectivity index is 2.07. The van der Waals surface area contributed by atoms with Crippen molar-refractivity contribution in [3.8, 4) is 0 Å². The van der Waals surface area contributed by atoms with Gasteiger partial charge in [0.2, 0.25) is 0 Å². The third kappa shape index (κ3) is 3.34. The second-order valence-corrected chi connectivity index (χ2v) is 6.12. The van der Waals surface area contributed by atoms with Crippen LogP contribution in [0, 0.1) is 13.8 Å². The van der Waals surface area contributed by atoms with Crippen LogP contribution in [0.3, 0.4) is 0 Å². The molecule has 23 heavy (non-hydrogen) atoms. The van der Waals surface area contributed by atoms with E-state index >= 15 is 0 Å². The van der Waals surface area contributed by atoms with Crippen LogP contribution in [0.5, 0.6) is 0 Å². The molecule has 0 saturated carbocycles. The number of fused-ring (bicyclic) bond motifs is 1. The first kappa shape index (κ1) is 15.5. The molecule has 1 heteroatoms. The number of hydrogen-bond donors (Lipinski definition) is 0. The lowest BCUT2D eigenvalue weighted by Gasteiger charge is -2.12. The molecule has 0 bridgehead atoms. The van der Waals surface area contributed by atoms with Gasteiger partial charge in [-0.2, -0.15) is 0 Å². The molecule has 0 atom stereocenters. The van der Waals surface area contributed by atoms with Crippen LogP contribution in [0.25, 0.3) is 23.1 Å². The zero-order valence-corrected chi connectivity index (χ0v) is 14.1. The zero-order chi connectivity index (χ0) is 16.2. The summed E-state index contributed by atoms with van der Waals surface area (Å²) in [5.41, 5.74) is 7.44. The maximum absolute atomic E-state index is 4.94. The molecule has 0 saturated heterocycles. The second-order valence-electron chi connectivity index (χ2n) is 6.12. The lowest BCUT2D eigenvalue weighted by molar-refractivity contribution is 0.917. The number of aromatic nitrogens is 1. The van der Waals surface area contributed by atoms with Gasteiger partial charge in [0.15, 0.2) is 0 Å². The van der Waals surface area contributed by atoms with Gasteiger partial charge >= 0.3 is 0 Å². The molecule has 0 radical (unpaired) electrons. The molecule has 116 valence electrons. The van der Waals surface area contributed by atoms with E-state index in [9.17, 15) is 0 Å². The Hall–Kier alpha value is -2.41. The largest absolute Gasteiger partial charge is 0.248 e. The normalized spacial score (nSPS) is 11.4. The maximum atomic E-state index is 4.94. The highest BCUT2D eigenvalue weighted by molar-refractivity contribution is 5.87. The van der Waals surface area contributed by atoms with E-state index in [4.69, 9.17) is 4.98 Å². The molecule has 0 aliphatic carbocycles. The molecule has 0 amide bonds. The summed E-state index contributed by atoms with van der Waals surface area (Å²) in [5, 5.41) is 1.27. The predicted molar refractivity (Wildman–Crippen MR) is 101 cm³/mol. The summed E-state index contributed by atoms with van der Waals surface area (Å²) in [5.74, 6) is 0. The van der Waals surface area contributed by atoms with E-state index in [0.717, 1.165) is 18.5 Å². The summed E-state index contributed by atoms with van der Waals surface area (Å²) in [6.07, 6.45) is 6.45. The number of nitrogens with zero attached hydrogens (tertiary/aromatic N) is 1. The molecule has 3 rings (SSSR count). The lowest BCUT2D eigenvalue weighted by Crippen LogP contribution is -1.96. The fourth-order valence-corrected chi connectivity index (χ4v) is 3.10. The SMILES string of the molecule is CCCc1c(C)cc(C)c2ccc(C=Cc3ccccc3)nc12. The topological polar surface area (TPSA) is 12.9 Å². The van der Waals surface area contributed by atoms with Gasteiger partial charge in [0.05, 0.1) is 11.2 Å². The third-order valence-corrected chi connectivity index (χ3v) is 4.28. The quantitative estimate of drug-likeness (QED) is 0.578. The van der Waals surface area contributed by atoms with E-state index in [-0.39, 0.29) is 0 Å². The van der Waals surface area contributed by atoms with E-state index in [0.29, 0.717) is 0 Å². The number of aryl methyl sites for hydroxylation is 3. The molecule has 1 nitrogen and oxygen atoms in total. The molecule has 3 aromatic rings. The van der Waals surface area contributed by atoms with Crippen molar-refractivity contribution in [1.29, 1.82) is 0 Å². The summed E-state index contributed by atoms with van der Waals surface area (Å²) >= 11 is 0. The molecule has 0 N–H and O–H groups in total. The summed E-state index contributed by atoms with van der Waals surface area (Å²) < 4.78 is 0. The first-order chi connectivity index (χ1) is 11.2. The summed E-state index contributed by atoms with van der Waals surface area (Å²) in [7, 11) is 0. The van der Waals surface area contributed by atoms with Crippen molar-refractivity contribution < 1.29 is 0 Å². The van der Waals surface area contributed by atoms with Crippen LogP contribution in [-0.2, 0) is 6.42 Å². The van der Waals surface area contributed by atoms with Gasteiger partial charge in [0.1, 0.15) is 0 Å². The molecule has 0 fully saturated rings. The molecule has 0 aliphatic heterocycles. The Bertz CT molecular complexity index is 845. The molecular formula is C22H23N. The first-order valence-corrected chi connectivity index (χ1v) is 8.32. The van der Waals surface area contributed by atoms with E-state index in [1.54, 1.807) is 0 Å². The van der Waals surface area contributed by atoms with Gasteiger partial charge in [-0.25, -0.2) is 4.98 Å². The average Bonchev–Trinajstić information content (AvgIpc) is 2.57. The summed E-state index contributed by atoms with van der Waals surface area (Å²) in [6.45, 7) is 6.60. The highest BCUT2D eigenvalue weighted by Crippen LogP contribution is 2.26. The Morgan fingerprint density at radius 3 is 2.43 bits per heavy atom. The van der Waals surface area contributed by atoms with Crippen molar-refractivity contribution in [2.24, 2.45) is 0 Å². The molecule has 1 heterocycles. The van der Waals surface area contributed by atoms with E-state index < -0.39 is 0 Å². The van der Waals surface area contributed by atoms with Gasteiger partial charge < -0.3 is 0 Å². The van der Waals surface area contributed by atoms with Crippen LogP contribution < -0.4 is 0 Å². The monoisotopic (exact) mass is 301 g/mol. The Kier molecular flexibility index (Phi) is 4.57. The average molecular weight is 301 g/mol. The minimum Gasteiger partial charge on any atom is -0.248 e. The van der Waals surface area contributed by atoms with Crippen molar-refractivity contribution in [3.63, 3.8) is 0 Å². The van der Waals surface area contributed by atoms with Crippen LogP contribution in [0.4, 0.5) is 0 Å². The molecule has 1 aromatic heterocycles. The van der Waals surface area contributed by atoms with Gasteiger partial charge in [-0.1, -0.05) is 61.9 Å². The Morgan fingerprint density at radius 2 is 1.70 bits per heavy atom. The smallest absolute Gasteiger partial charge is 0.0746 e. The number of benzene rings is 2. The van der Waals surface area contributed by atoms with Gasteiger partial charge in [-0.3, -0.25) is 0 Å². The van der Waals surface area contributed by atoms with E-state index in [1.165, 1.54) is 33.2 Å². The number of rotatable bonds is 4. The highest BCUT2D eigenvalue weighted by Gasteiger charge is 2.09. The lowest BCUT2D eigenvalue weighted by atomic mass is 9.96. The van der Waals surface area contributed by atoms with Crippen molar-refractivity contribution >= 4 is 23.1 Å². The fourth-order valence-electron chi connectivity index (χ4n) is 3.10. The van der Waals surface area contributed by atoms with Gasteiger partial charge in [0, 0.05) is 5.39 Å². The molecule has 0 unspecified atom stereocenters. The number of pyridine rings is 1. The second kappa shape index (κ2) is 6.78. The van der Waals surface area contributed by atoms with Gasteiger partial charge in [-0.15, -0.1) is 0 Å². The molecule has 2 aromatic carbocycles. The van der Waals surface area contributed by atoms with E-state index in [2.05, 4.69) is 75.4 Å². The first-order valence-electron chi connectivity index (χ1n) is 8.32. The Morgan fingerprint density at radius 1 is 0.913 bits per heavy atom. The zero-order valence-electron chi connectivity index (χ0n) is 14.1.